The molecule has 0 saturated heterocycles. The summed E-state index contributed by atoms with van der Waals surface area (Å²) in [7, 11) is 0. The maximum absolute atomic E-state index is 10.5. The third-order valence-electron chi connectivity index (χ3n) is 2.69. The number of rotatable bonds is 1. The smallest absolute Gasteiger partial charge is 0.146 e. The minimum atomic E-state index is 0.709. The van der Waals surface area contributed by atoms with E-state index in [4.69, 9.17) is 0 Å². The highest BCUT2D eigenvalue weighted by molar-refractivity contribution is 5.74. The summed E-state index contributed by atoms with van der Waals surface area (Å²) in [6.45, 7) is 0. The molecular weight excluding hydrogens is 136 g/mol. The molecule has 0 aromatic heterocycles. The van der Waals surface area contributed by atoms with E-state index in [-0.39, 0.29) is 0 Å². The van der Waals surface area contributed by atoms with Crippen molar-refractivity contribution in [2.45, 2.75) is 25.7 Å². The highest BCUT2D eigenvalue weighted by Crippen LogP contribution is 2.37. The SMILES string of the molecule is O=CC1=CC=C2CCCC2C1. The topological polar surface area (TPSA) is 17.1 Å². The zero-order valence-electron chi connectivity index (χ0n) is 6.55. The number of carbonyl (C=O) groups is 1. The molecule has 0 N–H and O–H groups in total. The van der Waals surface area contributed by atoms with Crippen molar-refractivity contribution in [3.63, 3.8) is 0 Å². The van der Waals surface area contributed by atoms with Crippen LogP contribution in [0.1, 0.15) is 25.7 Å². The monoisotopic (exact) mass is 148 g/mol. The van der Waals surface area contributed by atoms with Crippen LogP contribution in [0.4, 0.5) is 0 Å². The first-order valence-electron chi connectivity index (χ1n) is 4.25. The van der Waals surface area contributed by atoms with Gasteiger partial charge in [0.25, 0.3) is 0 Å². The van der Waals surface area contributed by atoms with Crippen LogP contribution in [0.25, 0.3) is 0 Å². The standard InChI is InChI=1S/C10H12O/c11-7-8-4-5-9-2-1-3-10(9)6-8/h4-5,7,10H,1-3,6H2. The predicted octanol–water partition coefficient (Wildman–Crippen LogP) is 2.24. The zero-order chi connectivity index (χ0) is 7.68. The molecule has 11 heavy (non-hydrogen) atoms. The van der Waals surface area contributed by atoms with Gasteiger partial charge in [-0.05, 0) is 37.2 Å². The molecule has 2 aliphatic rings. The average Bonchev–Trinajstić information content (AvgIpc) is 2.50. The van der Waals surface area contributed by atoms with Gasteiger partial charge >= 0.3 is 0 Å². The van der Waals surface area contributed by atoms with Crippen molar-refractivity contribution in [1.29, 1.82) is 0 Å². The minimum Gasteiger partial charge on any atom is -0.298 e. The Hall–Kier alpha value is -0.850. The lowest BCUT2D eigenvalue weighted by molar-refractivity contribution is -0.105. The lowest BCUT2D eigenvalue weighted by Crippen LogP contribution is -2.03. The molecule has 0 heterocycles. The van der Waals surface area contributed by atoms with E-state index < -0.39 is 0 Å². The molecule has 0 amide bonds. The minimum absolute atomic E-state index is 0.709. The normalized spacial score (nSPS) is 28.9. The van der Waals surface area contributed by atoms with Crippen LogP contribution >= 0.6 is 0 Å². The largest absolute Gasteiger partial charge is 0.298 e. The third kappa shape index (κ3) is 1.15. The van der Waals surface area contributed by atoms with E-state index in [9.17, 15) is 4.79 Å². The molecule has 1 fully saturated rings. The zero-order valence-corrected chi connectivity index (χ0v) is 6.55. The molecule has 2 rings (SSSR count). The van der Waals surface area contributed by atoms with E-state index in [1.54, 1.807) is 5.57 Å². The first-order chi connectivity index (χ1) is 5.40. The predicted molar refractivity (Wildman–Crippen MR) is 44.2 cm³/mol. The summed E-state index contributed by atoms with van der Waals surface area (Å²) in [6, 6.07) is 0. The van der Waals surface area contributed by atoms with Crippen LogP contribution in [0.15, 0.2) is 23.3 Å². The van der Waals surface area contributed by atoms with Gasteiger partial charge in [0.15, 0.2) is 0 Å². The summed E-state index contributed by atoms with van der Waals surface area (Å²) in [5.74, 6) is 0.709. The van der Waals surface area contributed by atoms with Crippen LogP contribution in [-0.4, -0.2) is 6.29 Å². The number of allylic oxidation sites excluding steroid dienone is 4. The summed E-state index contributed by atoms with van der Waals surface area (Å²) in [4.78, 5) is 10.5. The van der Waals surface area contributed by atoms with Gasteiger partial charge in [0.05, 0.1) is 0 Å². The van der Waals surface area contributed by atoms with E-state index in [0.717, 1.165) is 18.3 Å². The fourth-order valence-corrected chi connectivity index (χ4v) is 2.05. The maximum Gasteiger partial charge on any atom is 0.146 e. The van der Waals surface area contributed by atoms with Gasteiger partial charge in [-0.1, -0.05) is 17.7 Å². The summed E-state index contributed by atoms with van der Waals surface area (Å²) >= 11 is 0. The van der Waals surface area contributed by atoms with Crippen molar-refractivity contribution < 1.29 is 4.79 Å². The molecule has 0 radical (unpaired) electrons. The number of aldehydes is 1. The third-order valence-corrected chi connectivity index (χ3v) is 2.69. The van der Waals surface area contributed by atoms with Crippen molar-refractivity contribution in [3.8, 4) is 0 Å². The van der Waals surface area contributed by atoms with Crippen LogP contribution in [0.3, 0.4) is 0 Å². The molecule has 1 atom stereocenters. The van der Waals surface area contributed by atoms with Crippen LogP contribution in [0.2, 0.25) is 0 Å². The van der Waals surface area contributed by atoms with Gasteiger partial charge in [-0.25, -0.2) is 0 Å². The summed E-state index contributed by atoms with van der Waals surface area (Å²) in [5.41, 5.74) is 2.54. The highest BCUT2D eigenvalue weighted by atomic mass is 16.1. The van der Waals surface area contributed by atoms with E-state index in [1.807, 2.05) is 6.08 Å². The number of fused-ring (bicyclic) bond motifs is 1. The summed E-state index contributed by atoms with van der Waals surface area (Å²) < 4.78 is 0. The van der Waals surface area contributed by atoms with Crippen LogP contribution < -0.4 is 0 Å². The van der Waals surface area contributed by atoms with Gasteiger partial charge < -0.3 is 0 Å². The van der Waals surface area contributed by atoms with E-state index in [2.05, 4.69) is 6.08 Å². The maximum atomic E-state index is 10.5. The number of hydrogen-bond donors (Lipinski definition) is 0. The molecule has 0 aromatic rings. The first-order valence-corrected chi connectivity index (χ1v) is 4.25. The van der Waals surface area contributed by atoms with Crippen LogP contribution in [0, 0.1) is 5.92 Å². The van der Waals surface area contributed by atoms with Crippen molar-refractivity contribution in [2.75, 3.05) is 0 Å². The molecule has 0 aliphatic heterocycles. The molecule has 1 unspecified atom stereocenters. The molecule has 58 valence electrons. The van der Waals surface area contributed by atoms with Gasteiger partial charge in [0.1, 0.15) is 6.29 Å². The van der Waals surface area contributed by atoms with Gasteiger partial charge in [0.2, 0.25) is 0 Å². The molecule has 0 aromatic carbocycles. The fourth-order valence-electron chi connectivity index (χ4n) is 2.05. The average molecular weight is 148 g/mol. The van der Waals surface area contributed by atoms with Crippen molar-refractivity contribution >= 4 is 6.29 Å². The van der Waals surface area contributed by atoms with E-state index >= 15 is 0 Å². The Morgan fingerprint density at radius 3 is 3.18 bits per heavy atom. The summed E-state index contributed by atoms with van der Waals surface area (Å²) in [6.07, 6.45) is 9.97. The van der Waals surface area contributed by atoms with Gasteiger partial charge in [-0.15, -0.1) is 0 Å². The summed E-state index contributed by atoms with van der Waals surface area (Å²) in [5, 5.41) is 0. The fraction of sp³-hybridized carbons (Fsp3) is 0.500. The van der Waals surface area contributed by atoms with Gasteiger partial charge in [0, 0.05) is 0 Å². The van der Waals surface area contributed by atoms with Gasteiger partial charge in [-0.2, -0.15) is 0 Å². The van der Waals surface area contributed by atoms with Crippen molar-refractivity contribution in [2.24, 2.45) is 5.92 Å². The van der Waals surface area contributed by atoms with Crippen molar-refractivity contribution in [1.82, 2.24) is 0 Å². The van der Waals surface area contributed by atoms with Crippen LogP contribution in [0.5, 0.6) is 0 Å². The Labute approximate surface area is 66.8 Å². The molecule has 0 bridgehead atoms. The molecule has 0 spiro atoms. The Balaban J connectivity index is 2.21. The first kappa shape index (κ1) is 6.84. The Bertz CT molecular complexity index is 235. The second-order valence-corrected chi connectivity index (χ2v) is 3.39. The van der Waals surface area contributed by atoms with E-state index in [0.29, 0.717) is 5.92 Å². The molecule has 1 heteroatoms. The number of hydrogen-bond acceptors (Lipinski definition) is 1. The Kier molecular flexibility index (Phi) is 1.65. The van der Waals surface area contributed by atoms with Crippen molar-refractivity contribution in [3.05, 3.63) is 23.3 Å². The Morgan fingerprint density at radius 1 is 1.45 bits per heavy atom. The molecule has 1 nitrogen and oxygen atoms in total. The Morgan fingerprint density at radius 2 is 2.36 bits per heavy atom. The highest BCUT2D eigenvalue weighted by Gasteiger charge is 2.23. The molecular formula is C10H12O. The number of carbonyl (C=O) groups excluding carboxylic acids is 1. The lowest BCUT2D eigenvalue weighted by atomic mass is 9.90. The second-order valence-electron chi connectivity index (χ2n) is 3.39. The quantitative estimate of drug-likeness (QED) is 0.521. The van der Waals surface area contributed by atoms with E-state index in [1.165, 1.54) is 19.3 Å². The molecule has 1 saturated carbocycles. The van der Waals surface area contributed by atoms with Gasteiger partial charge in [-0.3, -0.25) is 4.79 Å². The van der Waals surface area contributed by atoms with Crippen LogP contribution in [-0.2, 0) is 4.79 Å². The molecule has 2 aliphatic carbocycles. The lowest BCUT2D eigenvalue weighted by Gasteiger charge is -2.14. The second kappa shape index (κ2) is 2.65.